The predicted octanol–water partition coefficient (Wildman–Crippen LogP) is 1.65. The zero-order valence-corrected chi connectivity index (χ0v) is 12.6. The van der Waals surface area contributed by atoms with Gasteiger partial charge in [0.2, 0.25) is 10.0 Å². The number of ether oxygens (including phenoxy) is 1. The molecule has 0 aromatic heterocycles. The molecule has 0 saturated heterocycles. The molecule has 0 atom stereocenters. The van der Waals surface area contributed by atoms with Crippen LogP contribution in [0.4, 0.5) is 0 Å². The standard InChI is InChI=1S/C14H17NO5S/c1-10(2)9-15-21(18,19)13-8-11(5-7-14(16)17)4-6-12(13)20-3/h4-8,15H,1,9H2,2-3H3,(H,16,17)/b7-5+. The number of hydrogen-bond donors (Lipinski definition) is 2. The van der Waals surface area contributed by atoms with Crippen LogP contribution in [0, 0.1) is 0 Å². The minimum Gasteiger partial charge on any atom is -0.495 e. The van der Waals surface area contributed by atoms with Gasteiger partial charge in [-0.25, -0.2) is 17.9 Å². The summed E-state index contributed by atoms with van der Waals surface area (Å²) in [4.78, 5) is 10.4. The summed E-state index contributed by atoms with van der Waals surface area (Å²) >= 11 is 0. The summed E-state index contributed by atoms with van der Waals surface area (Å²) in [6, 6.07) is 4.38. The molecule has 0 fully saturated rings. The Balaban J connectivity index is 3.22. The topological polar surface area (TPSA) is 92.7 Å². The van der Waals surface area contributed by atoms with Crippen molar-refractivity contribution in [1.82, 2.24) is 4.72 Å². The van der Waals surface area contributed by atoms with Crippen LogP contribution < -0.4 is 9.46 Å². The Morgan fingerprint density at radius 1 is 1.48 bits per heavy atom. The van der Waals surface area contributed by atoms with Gasteiger partial charge in [-0.3, -0.25) is 0 Å². The molecule has 0 aliphatic carbocycles. The Labute approximate surface area is 123 Å². The molecule has 0 bridgehead atoms. The van der Waals surface area contributed by atoms with Gasteiger partial charge in [-0.1, -0.05) is 18.2 Å². The van der Waals surface area contributed by atoms with Gasteiger partial charge in [-0.05, 0) is 30.7 Å². The molecule has 21 heavy (non-hydrogen) atoms. The van der Waals surface area contributed by atoms with Gasteiger partial charge in [0.05, 0.1) is 7.11 Å². The number of rotatable bonds is 7. The average molecular weight is 311 g/mol. The zero-order valence-electron chi connectivity index (χ0n) is 11.8. The van der Waals surface area contributed by atoms with Crippen LogP contribution in [0.25, 0.3) is 6.08 Å². The fraction of sp³-hybridized carbons (Fsp3) is 0.214. The number of methoxy groups -OCH3 is 1. The predicted molar refractivity (Wildman–Crippen MR) is 79.7 cm³/mol. The van der Waals surface area contributed by atoms with E-state index in [0.29, 0.717) is 11.1 Å². The molecular formula is C14H17NO5S. The van der Waals surface area contributed by atoms with Crippen LogP contribution in [-0.4, -0.2) is 33.1 Å². The van der Waals surface area contributed by atoms with Gasteiger partial charge in [0.1, 0.15) is 10.6 Å². The van der Waals surface area contributed by atoms with Gasteiger partial charge in [-0.2, -0.15) is 0 Å². The van der Waals surface area contributed by atoms with E-state index in [1.54, 1.807) is 13.0 Å². The molecule has 1 aromatic rings. The maximum atomic E-state index is 12.2. The van der Waals surface area contributed by atoms with Crippen LogP contribution >= 0.6 is 0 Å². The molecule has 2 N–H and O–H groups in total. The van der Waals surface area contributed by atoms with E-state index in [-0.39, 0.29) is 17.2 Å². The summed E-state index contributed by atoms with van der Waals surface area (Å²) in [5.41, 5.74) is 1.10. The number of hydrogen-bond acceptors (Lipinski definition) is 4. The van der Waals surface area contributed by atoms with Crippen LogP contribution in [0.15, 0.2) is 41.3 Å². The number of nitrogens with one attached hydrogen (secondary N) is 1. The number of carboxylic acids is 1. The first-order chi connectivity index (χ1) is 9.76. The van der Waals surface area contributed by atoms with Crippen molar-refractivity contribution in [3.63, 3.8) is 0 Å². The number of aliphatic carboxylic acids is 1. The third-order valence-electron chi connectivity index (χ3n) is 2.46. The third-order valence-corrected chi connectivity index (χ3v) is 3.88. The van der Waals surface area contributed by atoms with E-state index < -0.39 is 16.0 Å². The van der Waals surface area contributed by atoms with E-state index in [0.717, 1.165) is 6.08 Å². The largest absolute Gasteiger partial charge is 0.495 e. The molecule has 0 saturated carbocycles. The van der Waals surface area contributed by atoms with Gasteiger partial charge in [-0.15, -0.1) is 0 Å². The fourth-order valence-electron chi connectivity index (χ4n) is 1.47. The van der Waals surface area contributed by atoms with E-state index in [9.17, 15) is 13.2 Å². The monoisotopic (exact) mass is 311 g/mol. The quantitative estimate of drug-likeness (QED) is 0.590. The fourth-order valence-corrected chi connectivity index (χ4v) is 2.77. The first-order valence-electron chi connectivity index (χ1n) is 5.99. The summed E-state index contributed by atoms with van der Waals surface area (Å²) in [6.07, 6.45) is 2.24. The molecule has 1 aromatic carbocycles. The van der Waals surface area contributed by atoms with Crippen molar-refractivity contribution >= 4 is 22.1 Å². The van der Waals surface area contributed by atoms with Gasteiger partial charge < -0.3 is 9.84 Å². The van der Waals surface area contributed by atoms with Crippen LogP contribution in [-0.2, 0) is 14.8 Å². The summed E-state index contributed by atoms with van der Waals surface area (Å²) in [5, 5.41) is 8.60. The molecule has 1 rings (SSSR count). The number of sulfonamides is 1. The van der Waals surface area contributed by atoms with Gasteiger partial charge >= 0.3 is 5.97 Å². The van der Waals surface area contributed by atoms with E-state index >= 15 is 0 Å². The number of carboxylic acid groups (broad SMARTS) is 1. The second kappa shape index (κ2) is 7.05. The van der Waals surface area contributed by atoms with E-state index in [1.165, 1.54) is 25.3 Å². The van der Waals surface area contributed by atoms with E-state index in [2.05, 4.69) is 11.3 Å². The van der Waals surface area contributed by atoms with Crippen molar-refractivity contribution in [2.75, 3.05) is 13.7 Å². The highest BCUT2D eigenvalue weighted by Crippen LogP contribution is 2.25. The normalized spacial score (nSPS) is 11.5. The minimum atomic E-state index is -3.78. The molecule has 0 amide bonds. The Kier molecular flexibility index (Phi) is 5.69. The van der Waals surface area contributed by atoms with E-state index in [1.807, 2.05) is 0 Å². The molecule has 0 heterocycles. The molecule has 0 aliphatic heterocycles. The summed E-state index contributed by atoms with van der Waals surface area (Å²) in [7, 11) is -2.42. The van der Waals surface area contributed by atoms with Gasteiger partial charge in [0, 0.05) is 12.6 Å². The maximum Gasteiger partial charge on any atom is 0.328 e. The maximum absolute atomic E-state index is 12.2. The summed E-state index contributed by atoms with van der Waals surface area (Å²) < 4.78 is 31.9. The van der Waals surface area contributed by atoms with Crippen LogP contribution in [0.3, 0.4) is 0 Å². The highest BCUT2D eigenvalue weighted by molar-refractivity contribution is 7.89. The van der Waals surface area contributed by atoms with Crippen molar-refractivity contribution in [3.8, 4) is 5.75 Å². The van der Waals surface area contributed by atoms with Crippen LogP contribution in [0.1, 0.15) is 12.5 Å². The first kappa shape index (κ1) is 16.9. The average Bonchev–Trinajstić information content (AvgIpc) is 2.42. The second-order valence-electron chi connectivity index (χ2n) is 4.36. The van der Waals surface area contributed by atoms with E-state index in [4.69, 9.17) is 9.84 Å². The van der Waals surface area contributed by atoms with Crippen molar-refractivity contribution < 1.29 is 23.1 Å². The summed E-state index contributed by atoms with van der Waals surface area (Å²) in [6.45, 7) is 5.44. The van der Waals surface area contributed by atoms with Crippen molar-refractivity contribution in [2.45, 2.75) is 11.8 Å². The Morgan fingerprint density at radius 3 is 2.67 bits per heavy atom. The SMILES string of the molecule is C=C(C)CNS(=O)(=O)c1cc(/C=C/C(=O)O)ccc1OC. The van der Waals surface area contributed by atoms with Crippen molar-refractivity contribution in [3.05, 3.63) is 42.0 Å². The highest BCUT2D eigenvalue weighted by Gasteiger charge is 2.19. The Hall–Kier alpha value is -2.12. The summed E-state index contributed by atoms with van der Waals surface area (Å²) in [5.74, 6) is -0.938. The molecule has 0 radical (unpaired) electrons. The Bertz CT molecular complexity index is 677. The molecule has 114 valence electrons. The third kappa shape index (κ3) is 5.05. The molecular weight excluding hydrogens is 294 g/mol. The van der Waals surface area contributed by atoms with Crippen molar-refractivity contribution in [1.29, 1.82) is 0 Å². The first-order valence-corrected chi connectivity index (χ1v) is 7.47. The number of carbonyl (C=O) groups is 1. The lowest BCUT2D eigenvalue weighted by Crippen LogP contribution is -2.25. The molecule has 0 spiro atoms. The lowest BCUT2D eigenvalue weighted by molar-refractivity contribution is -0.131. The lowest BCUT2D eigenvalue weighted by Gasteiger charge is -2.11. The molecule has 6 nitrogen and oxygen atoms in total. The smallest absolute Gasteiger partial charge is 0.328 e. The highest BCUT2D eigenvalue weighted by atomic mass is 32.2. The van der Waals surface area contributed by atoms with Crippen LogP contribution in [0.2, 0.25) is 0 Å². The Morgan fingerprint density at radius 2 is 2.14 bits per heavy atom. The molecule has 0 unspecified atom stereocenters. The second-order valence-corrected chi connectivity index (χ2v) is 6.10. The van der Waals surface area contributed by atoms with Gasteiger partial charge in [0.15, 0.2) is 0 Å². The van der Waals surface area contributed by atoms with Crippen molar-refractivity contribution in [2.24, 2.45) is 0 Å². The zero-order chi connectivity index (χ0) is 16.0. The van der Waals surface area contributed by atoms with Crippen LogP contribution in [0.5, 0.6) is 5.75 Å². The van der Waals surface area contributed by atoms with Gasteiger partial charge in [0.25, 0.3) is 0 Å². The minimum absolute atomic E-state index is 0.0567. The number of benzene rings is 1. The molecule has 0 aliphatic rings. The molecule has 7 heteroatoms. The lowest BCUT2D eigenvalue weighted by atomic mass is 10.2.